The van der Waals surface area contributed by atoms with Gasteiger partial charge in [0.1, 0.15) is 5.75 Å². The minimum Gasteiger partial charge on any atom is -0.493 e. The topological polar surface area (TPSA) is 35.2 Å². The fourth-order valence-corrected chi connectivity index (χ4v) is 2.99. The summed E-state index contributed by atoms with van der Waals surface area (Å²) in [6.07, 6.45) is 5.33. The van der Waals surface area contributed by atoms with Crippen LogP contribution in [0.3, 0.4) is 0 Å². The Morgan fingerprint density at radius 2 is 1.52 bits per heavy atom. The number of hydrogen-bond donors (Lipinski definition) is 1. The van der Waals surface area contributed by atoms with E-state index in [4.69, 9.17) is 10.5 Å². The van der Waals surface area contributed by atoms with E-state index in [1.165, 1.54) is 22.3 Å². The number of hydrogen-bond acceptors (Lipinski definition) is 2. The molecular formula is C21H29NO. The zero-order valence-electron chi connectivity index (χ0n) is 14.5. The molecule has 0 aliphatic heterocycles. The van der Waals surface area contributed by atoms with Gasteiger partial charge in [0.05, 0.1) is 6.61 Å². The van der Waals surface area contributed by atoms with Crippen molar-refractivity contribution in [3.8, 4) is 16.9 Å². The van der Waals surface area contributed by atoms with Gasteiger partial charge in [0.25, 0.3) is 0 Å². The van der Waals surface area contributed by atoms with E-state index in [9.17, 15) is 0 Å². The van der Waals surface area contributed by atoms with Crippen LogP contribution in [0, 0.1) is 0 Å². The Morgan fingerprint density at radius 3 is 2.17 bits per heavy atom. The molecule has 0 heterocycles. The molecule has 0 saturated carbocycles. The van der Waals surface area contributed by atoms with Crippen LogP contribution in [-0.2, 0) is 12.8 Å². The number of para-hydroxylation sites is 1. The molecular weight excluding hydrogens is 282 g/mol. The highest BCUT2D eigenvalue weighted by Gasteiger charge is 2.13. The van der Waals surface area contributed by atoms with Crippen molar-refractivity contribution in [2.24, 2.45) is 5.73 Å². The number of benzene rings is 2. The Balaban J connectivity index is 2.26. The van der Waals surface area contributed by atoms with Crippen LogP contribution in [0.4, 0.5) is 0 Å². The number of aryl methyl sites for hydroxylation is 2. The third kappa shape index (κ3) is 4.59. The van der Waals surface area contributed by atoms with Crippen LogP contribution < -0.4 is 10.5 Å². The van der Waals surface area contributed by atoms with E-state index >= 15 is 0 Å². The van der Waals surface area contributed by atoms with Crippen molar-refractivity contribution >= 4 is 0 Å². The highest BCUT2D eigenvalue weighted by atomic mass is 16.5. The van der Waals surface area contributed by atoms with Gasteiger partial charge < -0.3 is 10.5 Å². The predicted molar refractivity (Wildman–Crippen MR) is 99.0 cm³/mol. The summed E-state index contributed by atoms with van der Waals surface area (Å²) < 4.78 is 6.10. The maximum absolute atomic E-state index is 6.10. The molecule has 2 heteroatoms. The average Bonchev–Trinajstić information content (AvgIpc) is 2.61. The Labute approximate surface area is 140 Å². The van der Waals surface area contributed by atoms with Gasteiger partial charge in [-0.25, -0.2) is 0 Å². The maximum Gasteiger partial charge on any atom is 0.127 e. The highest BCUT2D eigenvalue weighted by molar-refractivity contribution is 5.76. The fraction of sp³-hybridized carbons (Fsp3) is 0.429. The monoisotopic (exact) mass is 311 g/mol. The molecule has 0 atom stereocenters. The van der Waals surface area contributed by atoms with Crippen molar-refractivity contribution in [1.29, 1.82) is 0 Å². The lowest BCUT2D eigenvalue weighted by Crippen LogP contribution is -2.03. The molecule has 23 heavy (non-hydrogen) atoms. The number of rotatable bonds is 9. The van der Waals surface area contributed by atoms with Crippen LogP contribution in [0.1, 0.15) is 44.2 Å². The molecule has 0 radical (unpaired) electrons. The summed E-state index contributed by atoms with van der Waals surface area (Å²) in [6, 6.07) is 15.0. The quantitative estimate of drug-likeness (QED) is 0.662. The summed E-state index contributed by atoms with van der Waals surface area (Å²) in [5, 5.41) is 0. The average molecular weight is 311 g/mol. The third-order valence-corrected chi connectivity index (χ3v) is 4.26. The lowest BCUT2D eigenvalue weighted by molar-refractivity contribution is 0.307. The van der Waals surface area contributed by atoms with Crippen molar-refractivity contribution in [3.63, 3.8) is 0 Å². The second kappa shape index (κ2) is 9.36. The predicted octanol–water partition coefficient (Wildman–Crippen LogP) is 4.99. The molecule has 2 nitrogen and oxygen atoms in total. The van der Waals surface area contributed by atoms with Crippen LogP contribution in [0.2, 0.25) is 0 Å². The molecule has 0 fully saturated rings. The van der Waals surface area contributed by atoms with Crippen molar-refractivity contribution in [1.82, 2.24) is 0 Å². The second-order valence-electron chi connectivity index (χ2n) is 5.85. The van der Waals surface area contributed by atoms with Crippen LogP contribution in [-0.4, -0.2) is 13.2 Å². The minimum absolute atomic E-state index is 0.757. The van der Waals surface area contributed by atoms with Gasteiger partial charge in [0.2, 0.25) is 0 Å². The zero-order chi connectivity index (χ0) is 16.5. The SMILES string of the molecule is CCc1cccc(CC)c1-c1ccccc1OCCCCCN. The lowest BCUT2D eigenvalue weighted by atomic mass is 9.91. The van der Waals surface area contributed by atoms with Crippen LogP contribution in [0.5, 0.6) is 5.75 Å². The maximum atomic E-state index is 6.10. The number of nitrogens with two attached hydrogens (primary N) is 1. The van der Waals surface area contributed by atoms with Gasteiger partial charge in [0.15, 0.2) is 0 Å². The molecule has 0 aliphatic carbocycles. The second-order valence-corrected chi connectivity index (χ2v) is 5.85. The molecule has 0 saturated heterocycles. The third-order valence-electron chi connectivity index (χ3n) is 4.26. The van der Waals surface area contributed by atoms with Gasteiger partial charge >= 0.3 is 0 Å². The van der Waals surface area contributed by atoms with E-state index in [-0.39, 0.29) is 0 Å². The van der Waals surface area contributed by atoms with E-state index in [1.54, 1.807) is 0 Å². The first-order valence-electron chi connectivity index (χ1n) is 8.84. The van der Waals surface area contributed by atoms with Crippen molar-refractivity contribution in [2.75, 3.05) is 13.2 Å². The Kier molecular flexibility index (Phi) is 7.15. The first kappa shape index (κ1) is 17.6. The minimum atomic E-state index is 0.757. The van der Waals surface area contributed by atoms with Crippen molar-refractivity contribution in [3.05, 3.63) is 53.6 Å². The summed E-state index contributed by atoms with van der Waals surface area (Å²) in [5.74, 6) is 0.996. The normalized spacial score (nSPS) is 10.7. The van der Waals surface area contributed by atoms with Crippen molar-refractivity contribution < 1.29 is 4.74 Å². The van der Waals surface area contributed by atoms with Gasteiger partial charge in [-0.2, -0.15) is 0 Å². The largest absolute Gasteiger partial charge is 0.493 e. The van der Waals surface area contributed by atoms with E-state index in [1.807, 2.05) is 0 Å². The number of ether oxygens (including phenoxy) is 1. The zero-order valence-corrected chi connectivity index (χ0v) is 14.5. The van der Waals surface area contributed by atoms with Crippen LogP contribution >= 0.6 is 0 Å². The Hall–Kier alpha value is -1.80. The Bertz CT molecular complexity index is 584. The summed E-state index contributed by atoms with van der Waals surface area (Å²) in [4.78, 5) is 0. The van der Waals surface area contributed by atoms with E-state index in [0.717, 1.165) is 51.0 Å². The van der Waals surface area contributed by atoms with Gasteiger partial charge in [-0.05, 0) is 61.4 Å². The number of unbranched alkanes of at least 4 members (excludes halogenated alkanes) is 2. The molecule has 0 unspecified atom stereocenters. The molecule has 0 bridgehead atoms. The van der Waals surface area contributed by atoms with E-state index in [0.29, 0.717) is 0 Å². The molecule has 2 aromatic carbocycles. The van der Waals surface area contributed by atoms with Gasteiger partial charge in [-0.3, -0.25) is 0 Å². The lowest BCUT2D eigenvalue weighted by Gasteiger charge is -2.17. The summed E-state index contributed by atoms with van der Waals surface area (Å²) in [7, 11) is 0. The molecule has 0 spiro atoms. The summed E-state index contributed by atoms with van der Waals surface area (Å²) >= 11 is 0. The molecule has 0 aromatic heterocycles. The highest BCUT2D eigenvalue weighted by Crippen LogP contribution is 2.35. The molecule has 0 amide bonds. The van der Waals surface area contributed by atoms with Gasteiger partial charge in [-0.1, -0.05) is 50.2 Å². The fourth-order valence-electron chi connectivity index (χ4n) is 2.99. The molecule has 2 N–H and O–H groups in total. The van der Waals surface area contributed by atoms with E-state index in [2.05, 4.69) is 56.3 Å². The molecule has 0 aliphatic rings. The summed E-state index contributed by atoms with van der Waals surface area (Å²) in [5.41, 5.74) is 10.9. The van der Waals surface area contributed by atoms with E-state index < -0.39 is 0 Å². The first-order chi connectivity index (χ1) is 11.3. The van der Waals surface area contributed by atoms with Crippen LogP contribution in [0.15, 0.2) is 42.5 Å². The van der Waals surface area contributed by atoms with Crippen LogP contribution in [0.25, 0.3) is 11.1 Å². The molecule has 124 valence electrons. The smallest absolute Gasteiger partial charge is 0.127 e. The van der Waals surface area contributed by atoms with Gasteiger partial charge in [-0.15, -0.1) is 0 Å². The first-order valence-corrected chi connectivity index (χ1v) is 8.84. The van der Waals surface area contributed by atoms with Gasteiger partial charge in [0, 0.05) is 5.56 Å². The molecule has 2 rings (SSSR count). The summed E-state index contributed by atoms with van der Waals surface area (Å²) in [6.45, 7) is 5.95. The van der Waals surface area contributed by atoms with Crippen molar-refractivity contribution in [2.45, 2.75) is 46.0 Å². The Morgan fingerprint density at radius 1 is 0.826 bits per heavy atom. The standard InChI is InChI=1S/C21H29NO/c1-3-17-11-10-12-18(4-2)21(17)19-13-6-7-14-20(19)23-16-9-5-8-15-22/h6-7,10-14H,3-5,8-9,15-16,22H2,1-2H3. The molecule has 2 aromatic rings.